The van der Waals surface area contributed by atoms with Gasteiger partial charge in [-0.25, -0.2) is 0 Å². The molecule has 0 saturated carbocycles. The van der Waals surface area contributed by atoms with Crippen LogP contribution in [-0.2, 0) is 6.42 Å². The maximum atomic E-state index is 3.66. The molecule has 1 fully saturated rings. The van der Waals surface area contributed by atoms with E-state index in [9.17, 15) is 0 Å². The average molecular weight is 282 g/mol. The van der Waals surface area contributed by atoms with Gasteiger partial charge in [0, 0.05) is 12.6 Å². The van der Waals surface area contributed by atoms with Gasteiger partial charge in [-0.15, -0.1) is 0 Å². The van der Waals surface area contributed by atoms with E-state index in [1.807, 2.05) is 0 Å². The largest absolute Gasteiger partial charge is 0.313 e. The highest BCUT2D eigenvalue weighted by Crippen LogP contribution is 2.15. The molecule has 0 bridgehead atoms. The van der Waals surface area contributed by atoms with Crippen molar-refractivity contribution in [1.29, 1.82) is 0 Å². The highest BCUT2D eigenvalue weighted by Gasteiger charge is 2.13. The van der Waals surface area contributed by atoms with Crippen LogP contribution in [-0.4, -0.2) is 37.1 Å². The van der Waals surface area contributed by atoms with Gasteiger partial charge < -0.3 is 10.2 Å². The second kappa shape index (κ2) is 7.06. The maximum Gasteiger partial charge on any atom is 0.0166 e. The predicted octanol–water partition coefficient (Wildman–Crippen LogP) is 3.46. The first-order valence-corrected chi connectivity index (χ1v) is 8.25. The van der Waals surface area contributed by atoms with E-state index in [4.69, 9.17) is 0 Å². The lowest BCUT2D eigenvalue weighted by molar-refractivity contribution is 0.299. The van der Waals surface area contributed by atoms with Gasteiger partial charge in [0.1, 0.15) is 0 Å². The quantitative estimate of drug-likeness (QED) is 0.873. The molecule has 3 rings (SSSR count). The van der Waals surface area contributed by atoms with E-state index < -0.39 is 0 Å². The molecule has 0 aromatic heterocycles. The molecule has 1 atom stereocenters. The van der Waals surface area contributed by atoms with E-state index in [0.717, 1.165) is 13.0 Å². The van der Waals surface area contributed by atoms with Crippen LogP contribution in [0.4, 0.5) is 0 Å². The van der Waals surface area contributed by atoms with E-state index >= 15 is 0 Å². The van der Waals surface area contributed by atoms with Crippen LogP contribution in [0.1, 0.15) is 25.3 Å². The summed E-state index contributed by atoms with van der Waals surface area (Å²) in [6.45, 7) is 7.14. The summed E-state index contributed by atoms with van der Waals surface area (Å²) in [6, 6.07) is 16.0. The van der Waals surface area contributed by atoms with Crippen molar-refractivity contribution in [2.24, 2.45) is 0 Å². The summed E-state index contributed by atoms with van der Waals surface area (Å²) < 4.78 is 0. The monoisotopic (exact) mass is 282 g/mol. The van der Waals surface area contributed by atoms with Gasteiger partial charge in [0.25, 0.3) is 0 Å². The van der Waals surface area contributed by atoms with Gasteiger partial charge in [0.2, 0.25) is 0 Å². The van der Waals surface area contributed by atoms with Crippen molar-refractivity contribution in [1.82, 2.24) is 10.2 Å². The van der Waals surface area contributed by atoms with Crippen LogP contribution in [0.5, 0.6) is 0 Å². The Kier molecular flexibility index (Phi) is 4.89. The minimum Gasteiger partial charge on any atom is -0.313 e. The van der Waals surface area contributed by atoms with Gasteiger partial charge in [0.05, 0.1) is 0 Å². The standard InChI is InChI=1S/C19H26N2/c1-16(15-21-12-4-5-13-21)20-11-10-17-8-9-18-6-2-3-7-19(18)14-17/h2-3,6-9,14,16,20H,4-5,10-13,15H2,1H3. The van der Waals surface area contributed by atoms with Gasteiger partial charge >= 0.3 is 0 Å². The second-order valence-electron chi connectivity index (χ2n) is 6.29. The summed E-state index contributed by atoms with van der Waals surface area (Å²) in [5, 5.41) is 6.34. The summed E-state index contributed by atoms with van der Waals surface area (Å²) in [7, 11) is 0. The molecular weight excluding hydrogens is 256 g/mol. The van der Waals surface area contributed by atoms with E-state index in [1.165, 1.54) is 48.8 Å². The lowest BCUT2D eigenvalue weighted by Crippen LogP contribution is -2.38. The summed E-state index contributed by atoms with van der Waals surface area (Å²) in [5.74, 6) is 0. The first kappa shape index (κ1) is 14.6. The van der Waals surface area contributed by atoms with E-state index in [0.29, 0.717) is 6.04 Å². The van der Waals surface area contributed by atoms with E-state index in [2.05, 4.69) is 59.6 Å². The highest BCUT2D eigenvalue weighted by molar-refractivity contribution is 5.82. The van der Waals surface area contributed by atoms with Crippen molar-refractivity contribution in [3.8, 4) is 0 Å². The second-order valence-corrected chi connectivity index (χ2v) is 6.29. The molecule has 2 nitrogen and oxygen atoms in total. The van der Waals surface area contributed by atoms with Crippen LogP contribution in [0.3, 0.4) is 0 Å². The fourth-order valence-electron chi connectivity index (χ4n) is 3.27. The summed E-state index contributed by atoms with van der Waals surface area (Å²) in [6.07, 6.45) is 3.86. The third kappa shape index (κ3) is 4.05. The molecule has 1 unspecified atom stereocenters. The van der Waals surface area contributed by atoms with Gasteiger partial charge in [-0.05, 0) is 62.2 Å². The van der Waals surface area contributed by atoms with Crippen LogP contribution < -0.4 is 5.32 Å². The zero-order chi connectivity index (χ0) is 14.5. The number of nitrogens with zero attached hydrogens (tertiary/aromatic N) is 1. The number of hydrogen-bond acceptors (Lipinski definition) is 2. The fraction of sp³-hybridized carbons (Fsp3) is 0.474. The maximum absolute atomic E-state index is 3.66. The molecule has 1 aliphatic heterocycles. The fourth-order valence-corrected chi connectivity index (χ4v) is 3.27. The average Bonchev–Trinajstić information content (AvgIpc) is 3.00. The first-order valence-electron chi connectivity index (χ1n) is 8.25. The molecule has 0 amide bonds. The van der Waals surface area contributed by atoms with E-state index in [1.54, 1.807) is 0 Å². The molecule has 2 aromatic rings. The molecule has 0 aliphatic carbocycles. The molecule has 1 heterocycles. The molecule has 1 aliphatic rings. The number of likely N-dealkylation sites (tertiary alicyclic amines) is 1. The minimum atomic E-state index is 0.587. The van der Waals surface area contributed by atoms with Crippen molar-refractivity contribution in [3.05, 3.63) is 48.0 Å². The topological polar surface area (TPSA) is 15.3 Å². The summed E-state index contributed by atoms with van der Waals surface area (Å²) >= 11 is 0. The Bertz CT molecular complexity index is 573. The lowest BCUT2D eigenvalue weighted by atomic mass is 10.1. The third-order valence-electron chi connectivity index (χ3n) is 4.45. The van der Waals surface area contributed by atoms with Crippen molar-refractivity contribution >= 4 is 10.8 Å². The number of rotatable bonds is 6. The minimum absolute atomic E-state index is 0.587. The van der Waals surface area contributed by atoms with E-state index in [-0.39, 0.29) is 0 Å². The highest BCUT2D eigenvalue weighted by atomic mass is 15.2. The normalized spacial score (nSPS) is 17.4. The lowest BCUT2D eigenvalue weighted by Gasteiger charge is -2.21. The van der Waals surface area contributed by atoms with Crippen molar-refractivity contribution in [2.45, 2.75) is 32.2 Å². The number of benzene rings is 2. The van der Waals surface area contributed by atoms with Crippen LogP contribution in [0.25, 0.3) is 10.8 Å². The van der Waals surface area contributed by atoms with Crippen LogP contribution in [0.15, 0.2) is 42.5 Å². The Balaban J connectivity index is 1.47. The van der Waals surface area contributed by atoms with Gasteiger partial charge in [-0.2, -0.15) is 0 Å². The molecule has 21 heavy (non-hydrogen) atoms. The van der Waals surface area contributed by atoms with Crippen molar-refractivity contribution in [2.75, 3.05) is 26.2 Å². The zero-order valence-electron chi connectivity index (χ0n) is 13.0. The molecule has 1 saturated heterocycles. The molecule has 0 spiro atoms. The Morgan fingerprint density at radius 1 is 1.05 bits per heavy atom. The summed E-state index contributed by atoms with van der Waals surface area (Å²) in [4.78, 5) is 2.58. The van der Waals surface area contributed by atoms with Crippen molar-refractivity contribution < 1.29 is 0 Å². The number of hydrogen-bond donors (Lipinski definition) is 1. The molecule has 112 valence electrons. The van der Waals surface area contributed by atoms with Gasteiger partial charge in [0.15, 0.2) is 0 Å². The smallest absolute Gasteiger partial charge is 0.0166 e. The Hall–Kier alpha value is -1.38. The summed E-state index contributed by atoms with van der Waals surface area (Å²) in [5.41, 5.74) is 1.43. The molecule has 2 aromatic carbocycles. The Labute approximate surface area is 128 Å². The molecular formula is C19H26N2. The Morgan fingerprint density at radius 3 is 2.62 bits per heavy atom. The molecule has 0 radical (unpaired) electrons. The SMILES string of the molecule is CC(CN1CCCC1)NCCc1ccc2ccccc2c1. The zero-order valence-corrected chi connectivity index (χ0v) is 13.0. The van der Waals surface area contributed by atoms with Gasteiger partial charge in [-0.3, -0.25) is 0 Å². The first-order chi connectivity index (χ1) is 10.3. The Morgan fingerprint density at radius 2 is 1.81 bits per heavy atom. The van der Waals surface area contributed by atoms with Gasteiger partial charge in [-0.1, -0.05) is 42.5 Å². The van der Waals surface area contributed by atoms with Crippen molar-refractivity contribution in [3.63, 3.8) is 0 Å². The predicted molar refractivity (Wildman–Crippen MR) is 90.8 cm³/mol. The van der Waals surface area contributed by atoms with Crippen LogP contribution in [0, 0.1) is 0 Å². The third-order valence-corrected chi connectivity index (χ3v) is 4.45. The van der Waals surface area contributed by atoms with Crippen LogP contribution in [0.2, 0.25) is 0 Å². The van der Waals surface area contributed by atoms with Crippen LogP contribution >= 0.6 is 0 Å². The molecule has 2 heteroatoms. The number of fused-ring (bicyclic) bond motifs is 1. The molecule has 1 N–H and O–H groups in total. The number of nitrogens with one attached hydrogen (secondary N) is 1.